The number of ketones is 1. The zero-order chi connectivity index (χ0) is 17.1. The molecule has 3 rings (SSSR count). The molecule has 2 aliphatic rings. The number of carbonyl (C=O) groups excluding carboxylic acids is 2. The summed E-state index contributed by atoms with van der Waals surface area (Å²) in [5.41, 5.74) is 1.42. The summed E-state index contributed by atoms with van der Waals surface area (Å²) in [6.45, 7) is 3.82. The fourth-order valence-corrected chi connectivity index (χ4v) is 4.21. The number of amides is 1. The van der Waals surface area contributed by atoms with Crippen molar-refractivity contribution in [1.82, 2.24) is 4.90 Å². The van der Waals surface area contributed by atoms with Gasteiger partial charge < -0.3 is 9.64 Å². The lowest BCUT2D eigenvalue weighted by atomic mass is 9.83. The SMILES string of the molecule is CC(=O)N1[C@H](C)CC(=O)[C@@H]1COC1CCC(c2ccccc2)CC1. The quantitative estimate of drug-likeness (QED) is 0.851. The predicted molar refractivity (Wildman–Crippen MR) is 92.8 cm³/mol. The molecular formula is C20H27NO3. The molecule has 0 unspecified atom stereocenters. The van der Waals surface area contributed by atoms with Crippen molar-refractivity contribution in [3.05, 3.63) is 35.9 Å². The molecule has 2 fully saturated rings. The summed E-state index contributed by atoms with van der Waals surface area (Å²) in [5, 5.41) is 0. The molecule has 2 atom stereocenters. The van der Waals surface area contributed by atoms with Gasteiger partial charge in [0.15, 0.2) is 5.78 Å². The standard InChI is InChI=1S/C20H27NO3/c1-14-12-20(23)19(21(14)15(2)22)13-24-18-10-8-17(9-11-18)16-6-4-3-5-7-16/h3-7,14,17-19H,8-13H2,1-2H3/t14-,17?,18?,19+/m1/s1. The summed E-state index contributed by atoms with van der Waals surface area (Å²) in [6, 6.07) is 10.3. The van der Waals surface area contributed by atoms with Gasteiger partial charge in [0.2, 0.25) is 5.91 Å². The van der Waals surface area contributed by atoms with E-state index in [-0.39, 0.29) is 29.9 Å². The first-order valence-electron chi connectivity index (χ1n) is 9.04. The second-order valence-electron chi connectivity index (χ2n) is 7.18. The topological polar surface area (TPSA) is 46.6 Å². The minimum atomic E-state index is -0.385. The third-order valence-electron chi connectivity index (χ3n) is 5.48. The van der Waals surface area contributed by atoms with Crippen LogP contribution < -0.4 is 0 Å². The lowest BCUT2D eigenvalue weighted by Crippen LogP contribution is -2.43. The molecule has 1 aliphatic heterocycles. The van der Waals surface area contributed by atoms with Crippen molar-refractivity contribution in [2.24, 2.45) is 0 Å². The van der Waals surface area contributed by atoms with Crippen LogP contribution in [0, 0.1) is 0 Å². The molecule has 0 N–H and O–H groups in total. The van der Waals surface area contributed by atoms with E-state index in [4.69, 9.17) is 4.74 Å². The normalized spacial score (nSPS) is 30.6. The van der Waals surface area contributed by atoms with Crippen LogP contribution in [-0.2, 0) is 14.3 Å². The van der Waals surface area contributed by atoms with Crippen LogP contribution in [0.5, 0.6) is 0 Å². The Morgan fingerprint density at radius 1 is 1.17 bits per heavy atom. The predicted octanol–water partition coefficient (Wildman–Crippen LogP) is 3.31. The summed E-state index contributed by atoms with van der Waals surface area (Å²) in [5.74, 6) is 0.721. The highest BCUT2D eigenvalue weighted by Gasteiger charge is 2.39. The van der Waals surface area contributed by atoms with E-state index >= 15 is 0 Å². The van der Waals surface area contributed by atoms with Crippen molar-refractivity contribution in [2.75, 3.05) is 6.61 Å². The van der Waals surface area contributed by atoms with E-state index in [2.05, 4.69) is 30.3 Å². The molecule has 0 radical (unpaired) electrons. The maximum atomic E-state index is 12.1. The Labute approximate surface area is 144 Å². The van der Waals surface area contributed by atoms with Gasteiger partial charge in [-0.05, 0) is 44.1 Å². The molecule has 1 saturated carbocycles. The fourth-order valence-electron chi connectivity index (χ4n) is 4.21. The van der Waals surface area contributed by atoms with Crippen LogP contribution >= 0.6 is 0 Å². The Kier molecular flexibility index (Phi) is 5.34. The average molecular weight is 329 g/mol. The van der Waals surface area contributed by atoms with Crippen LogP contribution in [0.4, 0.5) is 0 Å². The van der Waals surface area contributed by atoms with Gasteiger partial charge in [0, 0.05) is 19.4 Å². The van der Waals surface area contributed by atoms with Gasteiger partial charge in [-0.2, -0.15) is 0 Å². The van der Waals surface area contributed by atoms with Gasteiger partial charge in [-0.25, -0.2) is 0 Å². The zero-order valence-electron chi connectivity index (χ0n) is 14.6. The molecule has 0 bridgehead atoms. The number of hydrogen-bond acceptors (Lipinski definition) is 3. The van der Waals surface area contributed by atoms with Crippen LogP contribution in [0.2, 0.25) is 0 Å². The zero-order valence-corrected chi connectivity index (χ0v) is 14.6. The number of rotatable bonds is 4. The van der Waals surface area contributed by atoms with E-state index in [0.29, 0.717) is 18.9 Å². The molecule has 1 aromatic rings. The van der Waals surface area contributed by atoms with Crippen molar-refractivity contribution in [2.45, 2.75) is 70.1 Å². The maximum Gasteiger partial charge on any atom is 0.220 e. The lowest BCUT2D eigenvalue weighted by molar-refractivity contribution is -0.137. The van der Waals surface area contributed by atoms with Crippen molar-refractivity contribution in [3.63, 3.8) is 0 Å². The van der Waals surface area contributed by atoms with E-state index in [1.54, 1.807) is 4.90 Å². The van der Waals surface area contributed by atoms with Gasteiger partial charge in [-0.15, -0.1) is 0 Å². The Morgan fingerprint density at radius 3 is 2.46 bits per heavy atom. The third kappa shape index (κ3) is 3.69. The van der Waals surface area contributed by atoms with E-state index in [0.717, 1.165) is 25.7 Å². The van der Waals surface area contributed by atoms with E-state index in [9.17, 15) is 9.59 Å². The molecule has 1 aromatic carbocycles. The minimum Gasteiger partial charge on any atom is -0.376 e. The largest absolute Gasteiger partial charge is 0.376 e. The highest BCUT2D eigenvalue weighted by atomic mass is 16.5. The molecule has 1 amide bonds. The third-order valence-corrected chi connectivity index (χ3v) is 5.48. The monoisotopic (exact) mass is 329 g/mol. The van der Waals surface area contributed by atoms with E-state index in [1.165, 1.54) is 12.5 Å². The van der Waals surface area contributed by atoms with Gasteiger partial charge in [0.1, 0.15) is 6.04 Å². The van der Waals surface area contributed by atoms with Crippen LogP contribution in [-0.4, -0.2) is 41.4 Å². The number of Topliss-reactive ketones (excluding diaryl/α,β-unsaturated/α-hetero) is 1. The van der Waals surface area contributed by atoms with Gasteiger partial charge in [0.05, 0.1) is 12.7 Å². The molecule has 4 heteroatoms. The van der Waals surface area contributed by atoms with Crippen molar-refractivity contribution >= 4 is 11.7 Å². The van der Waals surface area contributed by atoms with E-state index < -0.39 is 0 Å². The molecular weight excluding hydrogens is 302 g/mol. The maximum absolute atomic E-state index is 12.1. The lowest BCUT2D eigenvalue weighted by Gasteiger charge is -2.31. The average Bonchev–Trinajstić information content (AvgIpc) is 2.88. The summed E-state index contributed by atoms with van der Waals surface area (Å²) < 4.78 is 6.04. The molecule has 0 aromatic heterocycles. The van der Waals surface area contributed by atoms with E-state index in [1.807, 2.05) is 6.92 Å². The van der Waals surface area contributed by atoms with Gasteiger partial charge in [-0.3, -0.25) is 9.59 Å². The van der Waals surface area contributed by atoms with Crippen molar-refractivity contribution in [3.8, 4) is 0 Å². The Bertz CT molecular complexity index is 578. The summed E-state index contributed by atoms with van der Waals surface area (Å²) in [4.78, 5) is 25.6. The number of hydrogen-bond donors (Lipinski definition) is 0. The molecule has 1 heterocycles. The second-order valence-corrected chi connectivity index (χ2v) is 7.18. The van der Waals surface area contributed by atoms with Crippen LogP contribution in [0.3, 0.4) is 0 Å². The first-order chi connectivity index (χ1) is 11.6. The number of benzene rings is 1. The molecule has 1 saturated heterocycles. The van der Waals surface area contributed by atoms with Crippen LogP contribution in [0.25, 0.3) is 0 Å². The number of nitrogens with zero attached hydrogens (tertiary/aromatic N) is 1. The van der Waals surface area contributed by atoms with Crippen molar-refractivity contribution in [1.29, 1.82) is 0 Å². The first kappa shape index (κ1) is 17.2. The number of ether oxygens (including phenoxy) is 1. The van der Waals surface area contributed by atoms with Crippen molar-refractivity contribution < 1.29 is 14.3 Å². The molecule has 0 spiro atoms. The molecule has 4 nitrogen and oxygen atoms in total. The Morgan fingerprint density at radius 2 is 1.83 bits per heavy atom. The summed E-state index contributed by atoms with van der Waals surface area (Å²) >= 11 is 0. The molecule has 24 heavy (non-hydrogen) atoms. The summed E-state index contributed by atoms with van der Waals surface area (Å²) in [6.07, 6.45) is 4.96. The minimum absolute atomic E-state index is 0.00239. The Hall–Kier alpha value is -1.68. The van der Waals surface area contributed by atoms with Gasteiger partial charge >= 0.3 is 0 Å². The first-order valence-corrected chi connectivity index (χ1v) is 9.04. The van der Waals surface area contributed by atoms with Crippen LogP contribution in [0.15, 0.2) is 30.3 Å². The number of carbonyl (C=O) groups is 2. The van der Waals surface area contributed by atoms with Gasteiger partial charge in [-0.1, -0.05) is 30.3 Å². The van der Waals surface area contributed by atoms with Gasteiger partial charge in [0.25, 0.3) is 0 Å². The second kappa shape index (κ2) is 7.47. The molecule has 1 aliphatic carbocycles. The Balaban J connectivity index is 1.50. The number of likely N-dealkylation sites (tertiary alicyclic amines) is 1. The fraction of sp³-hybridized carbons (Fsp3) is 0.600. The molecule has 130 valence electrons. The summed E-state index contributed by atoms with van der Waals surface area (Å²) in [7, 11) is 0. The van der Waals surface area contributed by atoms with Crippen LogP contribution in [0.1, 0.15) is 57.4 Å². The highest BCUT2D eigenvalue weighted by Crippen LogP contribution is 2.34. The smallest absolute Gasteiger partial charge is 0.220 e. The highest BCUT2D eigenvalue weighted by molar-refractivity contribution is 5.92.